The first kappa shape index (κ1) is 9.85. The van der Waals surface area contributed by atoms with Crippen LogP contribution in [0.3, 0.4) is 0 Å². The van der Waals surface area contributed by atoms with Crippen LogP contribution in [0.4, 0.5) is 0 Å². The Morgan fingerprint density at radius 3 is 2.87 bits per heavy atom. The molecule has 0 unspecified atom stereocenters. The molecule has 0 atom stereocenters. The Hall–Kier alpha value is -1.69. The van der Waals surface area contributed by atoms with Crippen molar-refractivity contribution in [3.63, 3.8) is 0 Å². The van der Waals surface area contributed by atoms with Crippen molar-refractivity contribution < 1.29 is 4.42 Å². The minimum atomic E-state index is 0.357. The maximum Gasteiger partial charge on any atom is 0.134 e. The lowest BCUT2D eigenvalue weighted by Gasteiger charge is -2.06. The standard InChI is InChI=1S/C12H10BNO/c1-7-5-10-11(8(2)12(7)13)9(3-4-14)6-15-10/h5-6H,3H2,1-2H3. The van der Waals surface area contributed by atoms with E-state index in [1.807, 2.05) is 19.9 Å². The van der Waals surface area contributed by atoms with E-state index in [2.05, 4.69) is 6.07 Å². The Kier molecular flexibility index (Phi) is 2.28. The lowest BCUT2D eigenvalue weighted by Crippen LogP contribution is -2.11. The number of rotatable bonds is 1. The zero-order valence-corrected chi connectivity index (χ0v) is 8.79. The summed E-state index contributed by atoms with van der Waals surface area (Å²) in [5.41, 5.74) is 4.52. The predicted molar refractivity (Wildman–Crippen MR) is 60.4 cm³/mol. The fourth-order valence-corrected chi connectivity index (χ4v) is 1.86. The van der Waals surface area contributed by atoms with Gasteiger partial charge >= 0.3 is 0 Å². The molecule has 0 spiro atoms. The first-order chi connectivity index (χ1) is 7.15. The van der Waals surface area contributed by atoms with Gasteiger partial charge < -0.3 is 4.42 Å². The Bertz CT molecular complexity index is 563. The normalized spacial score (nSPS) is 10.5. The number of fused-ring (bicyclic) bond motifs is 1. The van der Waals surface area contributed by atoms with Gasteiger partial charge in [-0.15, -0.1) is 0 Å². The van der Waals surface area contributed by atoms with E-state index >= 15 is 0 Å². The molecule has 72 valence electrons. The van der Waals surface area contributed by atoms with Crippen LogP contribution >= 0.6 is 0 Å². The zero-order valence-electron chi connectivity index (χ0n) is 8.79. The number of nitriles is 1. The maximum atomic E-state index is 8.69. The van der Waals surface area contributed by atoms with Gasteiger partial charge in [-0.1, -0.05) is 11.0 Å². The van der Waals surface area contributed by atoms with Crippen molar-refractivity contribution in [1.29, 1.82) is 5.26 Å². The van der Waals surface area contributed by atoms with Crippen LogP contribution in [0.25, 0.3) is 11.0 Å². The molecule has 0 aliphatic heterocycles. The molecule has 0 saturated carbocycles. The summed E-state index contributed by atoms with van der Waals surface area (Å²) >= 11 is 0. The Morgan fingerprint density at radius 1 is 1.47 bits per heavy atom. The molecule has 2 nitrogen and oxygen atoms in total. The molecule has 1 heterocycles. The first-order valence-corrected chi connectivity index (χ1v) is 4.78. The number of hydrogen-bond donors (Lipinski definition) is 0. The summed E-state index contributed by atoms with van der Waals surface area (Å²) < 4.78 is 5.41. The third-order valence-corrected chi connectivity index (χ3v) is 2.72. The van der Waals surface area contributed by atoms with Crippen molar-refractivity contribution >= 4 is 24.3 Å². The highest BCUT2D eigenvalue weighted by Gasteiger charge is 2.11. The molecule has 1 aromatic carbocycles. The minimum absolute atomic E-state index is 0.357. The topological polar surface area (TPSA) is 36.9 Å². The maximum absolute atomic E-state index is 8.69. The molecule has 0 N–H and O–H groups in total. The molecule has 2 aromatic rings. The average molecular weight is 195 g/mol. The SMILES string of the molecule is [B]c1c(C)cc2occ(CC#N)c2c1C. The van der Waals surface area contributed by atoms with Gasteiger partial charge in [0.25, 0.3) is 0 Å². The van der Waals surface area contributed by atoms with E-state index in [1.165, 1.54) is 0 Å². The van der Waals surface area contributed by atoms with E-state index in [4.69, 9.17) is 17.5 Å². The lowest BCUT2D eigenvalue weighted by molar-refractivity contribution is 0.612. The Balaban J connectivity index is 2.81. The van der Waals surface area contributed by atoms with Crippen molar-refractivity contribution in [1.82, 2.24) is 0 Å². The summed E-state index contributed by atoms with van der Waals surface area (Å²) in [6.45, 7) is 3.91. The van der Waals surface area contributed by atoms with Crippen molar-refractivity contribution in [2.24, 2.45) is 0 Å². The van der Waals surface area contributed by atoms with Crippen LogP contribution in [0.2, 0.25) is 0 Å². The molecule has 0 aliphatic carbocycles. The number of nitrogens with zero attached hydrogens (tertiary/aromatic N) is 1. The van der Waals surface area contributed by atoms with Crippen LogP contribution < -0.4 is 5.46 Å². The summed E-state index contributed by atoms with van der Waals surface area (Å²) in [7, 11) is 5.95. The predicted octanol–water partition coefficient (Wildman–Crippen LogP) is 1.91. The smallest absolute Gasteiger partial charge is 0.134 e. The number of aryl methyl sites for hydroxylation is 2. The van der Waals surface area contributed by atoms with Crippen molar-refractivity contribution in [2.45, 2.75) is 20.3 Å². The van der Waals surface area contributed by atoms with Gasteiger partial charge in [0.15, 0.2) is 0 Å². The first-order valence-electron chi connectivity index (χ1n) is 4.78. The fourth-order valence-electron chi connectivity index (χ4n) is 1.86. The van der Waals surface area contributed by atoms with Crippen LogP contribution in [-0.4, -0.2) is 7.85 Å². The molecule has 0 fully saturated rings. The number of furan rings is 1. The molecular weight excluding hydrogens is 185 g/mol. The average Bonchev–Trinajstić information content (AvgIpc) is 2.59. The molecule has 1 aromatic heterocycles. The second kappa shape index (κ2) is 3.47. The van der Waals surface area contributed by atoms with Gasteiger partial charge in [-0.25, -0.2) is 0 Å². The largest absolute Gasteiger partial charge is 0.464 e. The molecule has 0 saturated heterocycles. The molecule has 3 heteroatoms. The summed E-state index contributed by atoms with van der Waals surface area (Å²) in [5, 5.41) is 9.68. The van der Waals surface area contributed by atoms with E-state index in [0.717, 1.165) is 33.1 Å². The van der Waals surface area contributed by atoms with Gasteiger partial charge in [-0.05, 0) is 25.5 Å². The minimum Gasteiger partial charge on any atom is -0.464 e. The number of hydrogen-bond acceptors (Lipinski definition) is 2. The fraction of sp³-hybridized carbons (Fsp3) is 0.250. The molecule has 0 bridgehead atoms. The van der Waals surface area contributed by atoms with E-state index in [1.54, 1.807) is 6.26 Å². The summed E-state index contributed by atoms with van der Waals surface area (Å²) in [4.78, 5) is 0. The van der Waals surface area contributed by atoms with Crippen LogP contribution in [0.5, 0.6) is 0 Å². The lowest BCUT2D eigenvalue weighted by atomic mass is 9.84. The van der Waals surface area contributed by atoms with E-state index in [-0.39, 0.29) is 0 Å². The monoisotopic (exact) mass is 195 g/mol. The van der Waals surface area contributed by atoms with Crippen molar-refractivity contribution in [3.05, 3.63) is 29.0 Å². The van der Waals surface area contributed by atoms with Crippen LogP contribution in [0, 0.1) is 25.2 Å². The molecule has 15 heavy (non-hydrogen) atoms. The summed E-state index contributed by atoms with van der Waals surface area (Å²) in [6.07, 6.45) is 2.00. The number of benzene rings is 1. The molecule has 2 rings (SSSR count). The quantitative estimate of drug-likeness (QED) is 0.651. The third-order valence-electron chi connectivity index (χ3n) is 2.72. The Morgan fingerprint density at radius 2 is 2.20 bits per heavy atom. The second-order valence-corrected chi connectivity index (χ2v) is 3.70. The van der Waals surface area contributed by atoms with Gasteiger partial charge in [0.1, 0.15) is 13.4 Å². The van der Waals surface area contributed by atoms with E-state index in [9.17, 15) is 0 Å². The highest BCUT2D eigenvalue weighted by molar-refractivity contribution is 6.35. The van der Waals surface area contributed by atoms with E-state index in [0.29, 0.717) is 6.42 Å². The van der Waals surface area contributed by atoms with Crippen LogP contribution in [-0.2, 0) is 6.42 Å². The molecule has 2 radical (unpaired) electrons. The summed E-state index contributed by atoms with van der Waals surface area (Å²) in [6, 6.07) is 4.04. The van der Waals surface area contributed by atoms with Gasteiger partial charge in [-0.3, -0.25) is 0 Å². The van der Waals surface area contributed by atoms with Crippen molar-refractivity contribution in [3.8, 4) is 6.07 Å². The van der Waals surface area contributed by atoms with Crippen LogP contribution in [0.15, 0.2) is 16.7 Å². The van der Waals surface area contributed by atoms with Gasteiger partial charge in [-0.2, -0.15) is 5.26 Å². The van der Waals surface area contributed by atoms with Gasteiger partial charge in [0, 0.05) is 10.9 Å². The van der Waals surface area contributed by atoms with Crippen LogP contribution in [0.1, 0.15) is 16.7 Å². The third kappa shape index (κ3) is 1.43. The van der Waals surface area contributed by atoms with Gasteiger partial charge in [0.05, 0.1) is 18.8 Å². The second-order valence-electron chi connectivity index (χ2n) is 3.70. The molecule has 0 aliphatic rings. The molecular formula is C12H10BNO. The Labute approximate surface area is 89.9 Å². The zero-order chi connectivity index (χ0) is 11.0. The highest BCUT2D eigenvalue weighted by Crippen LogP contribution is 2.24. The van der Waals surface area contributed by atoms with Gasteiger partial charge in [0.2, 0.25) is 0 Å². The van der Waals surface area contributed by atoms with E-state index < -0.39 is 0 Å². The summed E-state index contributed by atoms with van der Waals surface area (Å²) in [5.74, 6) is 0. The molecule has 0 amide bonds. The highest BCUT2D eigenvalue weighted by atomic mass is 16.3. The van der Waals surface area contributed by atoms with Crippen molar-refractivity contribution in [2.75, 3.05) is 0 Å².